The molecule has 0 radical (unpaired) electrons. The van der Waals surface area contributed by atoms with E-state index in [1.807, 2.05) is 30.3 Å². The molecule has 0 aromatic heterocycles. The normalized spacial score (nSPS) is 14.6. The van der Waals surface area contributed by atoms with Crippen LogP contribution in [0.3, 0.4) is 0 Å². The smallest absolute Gasteiger partial charge is 0.411 e. The van der Waals surface area contributed by atoms with Crippen molar-refractivity contribution in [1.82, 2.24) is 10.6 Å². The number of anilines is 3. The Kier molecular flexibility index (Phi) is 13.1. The molecule has 0 unspecified atom stereocenters. The van der Waals surface area contributed by atoms with E-state index in [4.69, 9.17) is 14.2 Å². The van der Waals surface area contributed by atoms with E-state index in [1.54, 1.807) is 91.7 Å². The average Bonchev–Trinajstić information content (AvgIpc) is 3.57. The van der Waals surface area contributed by atoms with Gasteiger partial charge in [-0.1, -0.05) is 72.8 Å². The fourth-order valence-corrected chi connectivity index (χ4v) is 8.21. The summed E-state index contributed by atoms with van der Waals surface area (Å²) in [6.45, 7) is 1.64. The van der Waals surface area contributed by atoms with E-state index in [1.165, 1.54) is 19.1 Å². The van der Waals surface area contributed by atoms with Crippen LogP contribution in [-0.2, 0) is 25.6 Å². The third-order valence-electron chi connectivity index (χ3n) is 11.5. The molecule has 6 aromatic carbocycles. The van der Waals surface area contributed by atoms with Crippen molar-refractivity contribution in [2.45, 2.75) is 31.5 Å². The molecule has 63 heavy (non-hydrogen) atoms. The lowest BCUT2D eigenvalue weighted by atomic mass is 9.98. The zero-order valence-electron chi connectivity index (χ0n) is 35.0. The predicted octanol–water partition coefficient (Wildman–Crippen LogP) is 7.70. The van der Waals surface area contributed by atoms with E-state index < -0.39 is 41.9 Å². The molecule has 1 aliphatic carbocycles. The van der Waals surface area contributed by atoms with Crippen molar-refractivity contribution < 1.29 is 38.2 Å². The number of ether oxygens (including phenoxy) is 3. The first-order chi connectivity index (χ1) is 30.1. The van der Waals surface area contributed by atoms with Gasteiger partial charge >= 0.3 is 12.1 Å². The Hall–Kier alpha value is -7.22. The molecule has 13 nitrogen and oxygen atoms in total. The first kappa shape index (κ1) is 43.9. The number of carbonyl (C=O) groups excluding carboxylic acids is 5. The van der Waals surface area contributed by atoms with Crippen molar-refractivity contribution in [1.29, 1.82) is 0 Å². The lowest BCUT2D eigenvalue weighted by molar-refractivity contribution is -0.128. The molecule has 0 spiro atoms. The number of carbonyl (C=O) groups is 5. The molecule has 1 heterocycles. The molecule has 2 atom stereocenters. The number of halogens is 1. The van der Waals surface area contributed by atoms with Crippen LogP contribution >= 0.6 is 12.4 Å². The van der Waals surface area contributed by atoms with Gasteiger partial charge < -0.3 is 34.6 Å². The number of fused-ring (bicyclic) bond motifs is 5. The zero-order valence-corrected chi connectivity index (χ0v) is 35.9. The van der Waals surface area contributed by atoms with Gasteiger partial charge in [0.1, 0.15) is 18.4 Å². The second kappa shape index (κ2) is 18.8. The summed E-state index contributed by atoms with van der Waals surface area (Å²) >= 11 is 0. The lowest BCUT2D eigenvalue weighted by Gasteiger charge is -2.27. The standard InChI is InChI=1S/C49H45N5O8.ClH/c1-29(50-2)45(55)52-41-27-54(43-16-10-9-15-42(43)53(47(41)57)26-39-34-23-19-32(48(58)61-4)25-31(34)20-24-44(39)60-3)46(56)30-17-21-33(22-18-30)51-49(59)62-28-40-37-13-7-5-11-35(37)36-12-6-8-14-38(36)40;/h5-25,29,40-41,50H,26-28H2,1-4H3,(H,51,59)(H,52,55);1H/t29-,41-;/m0./s1. The van der Waals surface area contributed by atoms with E-state index >= 15 is 0 Å². The van der Waals surface area contributed by atoms with E-state index in [-0.39, 0.29) is 43.6 Å². The molecule has 2 aliphatic rings. The minimum Gasteiger partial charge on any atom is -0.496 e. The monoisotopic (exact) mass is 867 g/mol. The van der Waals surface area contributed by atoms with Crippen molar-refractivity contribution in [3.05, 3.63) is 155 Å². The van der Waals surface area contributed by atoms with Crippen LogP contribution in [0, 0.1) is 0 Å². The third-order valence-corrected chi connectivity index (χ3v) is 11.5. The minimum atomic E-state index is -1.16. The summed E-state index contributed by atoms with van der Waals surface area (Å²) < 4.78 is 16.5. The molecule has 8 rings (SSSR count). The maximum absolute atomic E-state index is 14.8. The highest BCUT2D eigenvalue weighted by Gasteiger charge is 2.38. The quantitative estimate of drug-likeness (QED) is 0.111. The SMILES string of the molecule is CN[C@@H](C)C(=O)N[C@H]1CN(C(=O)c2ccc(NC(=O)OCC3c4ccccc4-c4ccccc43)cc2)c2ccccc2N(Cc2c(OC)ccc3cc(C(=O)OC)ccc23)C1=O.Cl. The van der Waals surface area contributed by atoms with Gasteiger partial charge in [0.25, 0.3) is 11.8 Å². The molecular formula is C49H46ClN5O8. The number of methoxy groups -OCH3 is 2. The number of likely N-dealkylation sites (N-methyl/N-ethyl adjacent to an activating group) is 1. The van der Waals surface area contributed by atoms with Gasteiger partial charge in [0, 0.05) is 22.7 Å². The molecule has 4 amide bonds. The number of esters is 1. The van der Waals surface area contributed by atoms with Crippen molar-refractivity contribution in [3.63, 3.8) is 0 Å². The van der Waals surface area contributed by atoms with Crippen LogP contribution in [-0.4, -0.2) is 76.3 Å². The van der Waals surface area contributed by atoms with Crippen LogP contribution in [0.5, 0.6) is 5.75 Å². The minimum absolute atomic E-state index is 0. The highest BCUT2D eigenvalue weighted by molar-refractivity contribution is 6.13. The highest BCUT2D eigenvalue weighted by atomic mass is 35.5. The molecule has 1 aliphatic heterocycles. The van der Waals surface area contributed by atoms with Crippen LogP contribution in [0.1, 0.15) is 50.2 Å². The number of benzene rings is 6. The summed E-state index contributed by atoms with van der Waals surface area (Å²) in [6.07, 6.45) is -0.632. The van der Waals surface area contributed by atoms with Gasteiger partial charge in [-0.25, -0.2) is 9.59 Å². The van der Waals surface area contributed by atoms with E-state index in [0.29, 0.717) is 33.9 Å². The zero-order chi connectivity index (χ0) is 43.5. The van der Waals surface area contributed by atoms with Crippen molar-refractivity contribution in [2.75, 3.05) is 49.5 Å². The Balaban J connectivity index is 0.00000595. The van der Waals surface area contributed by atoms with Crippen LogP contribution in [0.25, 0.3) is 21.9 Å². The molecule has 0 fully saturated rings. The molecule has 0 bridgehead atoms. The van der Waals surface area contributed by atoms with Gasteiger partial charge in [-0.2, -0.15) is 0 Å². The summed E-state index contributed by atoms with van der Waals surface area (Å²) in [4.78, 5) is 71.2. The molecule has 322 valence electrons. The number of hydrogen-bond donors (Lipinski definition) is 3. The van der Waals surface area contributed by atoms with Crippen LogP contribution < -0.4 is 30.5 Å². The second-order valence-electron chi connectivity index (χ2n) is 15.1. The molecule has 0 saturated heterocycles. The van der Waals surface area contributed by atoms with Crippen LogP contribution in [0.2, 0.25) is 0 Å². The van der Waals surface area contributed by atoms with Crippen molar-refractivity contribution in [3.8, 4) is 16.9 Å². The summed E-state index contributed by atoms with van der Waals surface area (Å²) in [5.74, 6) is -1.39. The number of para-hydroxylation sites is 2. The maximum Gasteiger partial charge on any atom is 0.411 e. The number of nitrogens with zero attached hydrogens (tertiary/aromatic N) is 2. The highest BCUT2D eigenvalue weighted by Crippen LogP contribution is 2.44. The summed E-state index contributed by atoms with van der Waals surface area (Å²) in [5.41, 5.74) is 7.06. The number of hydrogen-bond acceptors (Lipinski definition) is 9. The van der Waals surface area contributed by atoms with Gasteiger partial charge in [0.2, 0.25) is 5.91 Å². The fourth-order valence-electron chi connectivity index (χ4n) is 8.21. The molecule has 0 saturated carbocycles. The van der Waals surface area contributed by atoms with Gasteiger partial charge in [0.15, 0.2) is 0 Å². The summed E-state index contributed by atoms with van der Waals surface area (Å²) in [5, 5.41) is 10.0. The Morgan fingerprint density at radius 3 is 2.06 bits per heavy atom. The first-order valence-corrected chi connectivity index (χ1v) is 20.2. The number of rotatable bonds is 11. The number of nitrogens with one attached hydrogen (secondary N) is 3. The van der Waals surface area contributed by atoms with Crippen LogP contribution in [0.15, 0.2) is 127 Å². The average molecular weight is 868 g/mol. The topological polar surface area (TPSA) is 156 Å². The van der Waals surface area contributed by atoms with Crippen LogP contribution in [0.4, 0.5) is 21.9 Å². The number of amides is 4. The fraction of sp³-hybridized carbons (Fsp3) is 0.204. The van der Waals surface area contributed by atoms with Gasteiger partial charge in [-0.05, 0) is 102 Å². The largest absolute Gasteiger partial charge is 0.496 e. The van der Waals surface area contributed by atoms with Crippen molar-refractivity contribution in [2.24, 2.45) is 0 Å². The maximum atomic E-state index is 14.8. The van der Waals surface area contributed by atoms with E-state index in [9.17, 15) is 24.0 Å². The molecule has 6 aromatic rings. The second-order valence-corrected chi connectivity index (χ2v) is 15.1. The predicted molar refractivity (Wildman–Crippen MR) is 244 cm³/mol. The van der Waals surface area contributed by atoms with E-state index in [2.05, 4.69) is 40.2 Å². The third kappa shape index (κ3) is 8.66. The Bertz CT molecular complexity index is 2680. The lowest BCUT2D eigenvalue weighted by Crippen LogP contribution is -2.55. The summed E-state index contributed by atoms with van der Waals surface area (Å²) in [6, 6.07) is 36.6. The molecule has 3 N–H and O–H groups in total. The molecule has 14 heteroatoms. The molecular weight excluding hydrogens is 822 g/mol. The van der Waals surface area contributed by atoms with Gasteiger partial charge in [-0.3, -0.25) is 19.7 Å². The van der Waals surface area contributed by atoms with E-state index in [0.717, 1.165) is 33.0 Å². The first-order valence-electron chi connectivity index (χ1n) is 20.2. The Labute approximate surface area is 370 Å². The Morgan fingerprint density at radius 1 is 0.778 bits per heavy atom. The van der Waals surface area contributed by atoms with Gasteiger partial charge in [-0.15, -0.1) is 12.4 Å². The van der Waals surface area contributed by atoms with Gasteiger partial charge in [0.05, 0.1) is 50.3 Å². The summed E-state index contributed by atoms with van der Waals surface area (Å²) in [7, 11) is 4.49. The Morgan fingerprint density at radius 2 is 1.41 bits per heavy atom. The van der Waals surface area contributed by atoms with Crippen molar-refractivity contribution >= 4 is 70.0 Å².